The molecule has 0 atom stereocenters. The first-order valence-corrected chi connectivity index (χ1v) is 8.04. The maximum absolute atomic E-state index is 12.3. The zero-order chi connectivity index (χ0) is 17.9. The molecule has 4 aromatic rings. The summed E-state index contributed by atoms with van der Waals surface area (Å²) in [6.45, 7) is -0.109. The van der Waals surface area contributed by atoms with Gasteiger partial charge in [0, 0.05) is 22.7 Å². The van der Waals surface area contributed by atoms with Crippen molar-refractivity contribution in [2.24, 2.45) is 0 Å². The number of aromatic amines is 1. The van der Waals surface area contributed by atoms with Crippen molar-refractivity contribution < 1.29 is 4.79 Å². The molecule has 2 heterocycles. The maximum Gasteiger partial charge on any atom is 0.254 e. The van der Waals surface area contributed by atoms with Gasteiger partial charge in [0.25, 0.3) is 5.56 Å². The topological polar surface area (TPSA) is 92.7 Å². The second kappa shape index (κ2) is 6.64. The number of rotatable bonds is 4. The number of anilines is 1. The molecule has 2 aromatic carbocycles. The van der Waals surface area contributed by atoms with Gasteiger partial charge < -0.3 is 5.32 Å². The molecule has 0 saturated carbocycles. The Balaban J connectivity index is 1.49. The second-order valence-electron chi connectivity index (χ2n) is 5.83. The van der Waals surface area contributed by atoms with Crippen LogP contribution in [0.2, 0.25) is 0 Å². The smallest absolute Gasteiger partial charge is 0.254 e. The summed E-state index contributed by atoms with van der Waals surface area (Å²) in [5, 5.41) is 10.5. The zero-order valence-electron chi connectivity index (χ0n) is 13.7. The highest BCUT2D eigenvalue weighted by molar-refractivity contribution is 5.93. The number of H-pyrrole nitrogens is 1. The fourth-order valence-electron chi connectivity index (χ4n) is 2.68. The SMILES string of the molecule is O=C(Cn1cnc(-c2ccccc2)cc1=O)Nc1ccc2cn[nH]c2c1. The first kappa shape index (κ1) is 15.8. The predicted octanol–water partition coefficient (Wildman–Crippen LogP) is 2.43. The van der Waals surface area contributed by atoms with Crippen LogP contribution in [0.15, 0.2) is 71.9 Å². The van der Waals surface area contributed by atoms with Gasteiger partial charge in [0.1, 0.15) is 6.54 Å². The van der Waals surface area contributed by atoms with Gasteiger partial charge in [-0.25, -0.2) is 4.98 Å². The van der Waals surface area contributed by atoms with Crippen molar-refractivity contribution in [1.82, 2.24) is 19.7 Å². The van der Waals surface area contributed by atoms with Crippen LogP contribution in [0, 0.1) is 0 Å². The second-order valence-corrected chi connectivity index (χ2v) is 5.83. The molecule has 1 amide bonds. The minimum Gasteiger partial charge on any atom is -0.324 e. The highest BCUT2D eigenvalue weighted by atomic mass is 16.2. The molecule has 0 radical (unpaired) electrons. The third-order valence-corrected chi connectivity index (χ3v) is 3.99. The van der Waals surface area contributed by atoms with E-state index in [1.807, 2.05) is 36.4 Å². The van der Waals surface area contributed by atoms with Crippen LogP contribution in [-0.2, 0) is 11.3 Å². The number of carbonyl (C=O) groups is 1. The Morgan fingerprint density at radius 3 is 2.77 bits per heavy atom. The normalized spacial score (nSPS) is 10.8. The monoisotopic (exact) mass is 345 g/mol. The Morgan fingerprint density at radius 2 is 1.96 bits per heavy atom. The van der Waals surface area contributed by atoms with E-state index in [1.165, 1.54) is 17.0 Å². The van der Waals surface area contributed by atoms with E-state index in [0.29, 0.717) is 11.4 Å². The molecule has 0 fully saturated rings. The molecule has 0 bridgehead atoms. The summed E-state index contributed by atoms with van der Waals surface area (Å²) in [6, 6.07) is 16.3. The number of carbonyl (C=O) groups excluding carboxylic acids is 1. The van der Waals surface area contributed by atoms with Gasteiger partial charge in [-0.2, -0.15) is 5.10 Å². The molecule has 0 saturated heterocycles. The summed E-state index contributed by atoms with van der Waals surface area (Å²) in [6.07, 6.45) is 3.10. The molecule has 2 N–H and O–H groups in total. The number of nitrogens with one attached hydrogen (secondary N) is 2. The van der Waals surface area contributed by atoms with Crippen LogP contribution in [0.4, 0.5) is 5.69 Å². The lowest BCUT2D eigenvalue weighted by Crippen LogP contribution is -2.27. The third-order valence-electron chi connectivity index (χ3n) is 3.99. The summed E-state index contributed by atoms with van der Waals surface area (Å²) >= 11 is 0. The molecule has 0 aliphatic heterocycles. The summed E-state index contributed by atoms with van der Waals surface area (Å²) in [5.41, 5.74) is 2.62. The van der Waals surface area contributed by atoms with Crippen molar-refractivity contribution in [3.63, 3.8) is 0 Å². The van der Waals surface area contributed by atoms with Gasteiger partial charge in [-0.1, -0.05) is 30.3 Å². The van der Waals surface area contributed by atoms with Crippen LogP contribution < -0.4 is 10.9 Å². The molecule has 0 unspecified atom stereocenters. The average Bonchev–Trinajstić information content (AvgIpc) is 3.12. The van der Waals surface area contributed by atoms with Crippen molar-refractivity contribution in [2.45, 2.75) is 6.54 Å². The van der Waals surface area contributed by atoms with E-state index < -0.39 is 0 Å². The van der Waals surface area contributed by atoms with Crippen molar-refractivity contribution in [2.75, 3.05) is 5.32 Å². The minimum absolute atomic E-state index is 0.109. The number of amides is 1. The number of benzene rings is 2. The standard InChI is InChI=1S/C19H15N5O2/c25-18(22-15-7-6-14-10-21-23-17(14)8-15)11-24-12-20-16(9-19(24)26)13-4-2-1-3-5-13/h1-10,12H,11H2,(H,21,23)(H,22,25). The lowest BCUT2D eigenvalue weighted by atomic mass is 10.1. The van der Waals surface area contributed by atoms with Gasteiger partial charge in [0.05, 0.1) is 23.7 Å². The summed E-state index contributed by atoms with van der Waals surface area (Å²) in [4.78, 5) is 28.8. The maximum atomic E-state index is 12.3. The van der Waals surface area contributed by atoms with Crippen LogP contribution in [0.5, 0.6) is 0 Å². The van der Waals surface area contributed by atoms with E-state index in [2.05, 4.69) is 20.5 Å². The molecule has 0 aliphatic carbocycles. The predicted molar refractivity (Wildman–Crippen MR) is 98.7 cm³/mol. The lowest BCUT2D eigenvalue weighted by molar-refractivity contribution is -0.116. The molecule has 128 valence electrons. The van der Waals surface area contributed by atoms with Gasteiger partial charge in [-0.05, 0) is 18.2 Å². The first-order valence-electron chi connectivity index (χ1n) is 8.04. The fourth-order valence-corrected chi connectivity index (χ4v) is 2.68. The zero-order valence-corrected chi connectivity index (χ0v) is 13.7. The van der Waals surface area contributed by atoms with Crippen molar-refractivity contribution in [3.05, 3.63) is 77.5 Å². The molecular weight excluding hydrogens is 330 g/mol. The van der Waals surface area contributed by atoms with E-state index in [1.54, 1.807) is 18.3 Å². The van der Waals surface area contributed by atoms with Gasteiger partial charge in [-0.3, -0.25) is 19.3 Å². The third kappa shape index (κ3) is 3.23. The van der Waals surface area contributed by atoms with Crippen molar-refractivity contribution in [3.8, 4) is 11.3 Å². The Hall–Kier alpha value is -3.74. The molecule has 2 aromatic heterocycles. The highest BCUT2D eigenvalue weighted by Crippen LogP contribution is 2.16. The molecule has 0 spiro atoms. The Kier molecular flexibility index (Phi) is 4.03. The van der Waals surface area contributed by atoms with Crippen molar-refractivity contribution >= 4 is 22.5 Å². The van der Waals surface area contributed by atoms with Crippen LogP contribution in [0.3, 0.4) is 0 Å². The number of aromatic nitrogens is 4. The number of nitrogens with zero attached hydrogens (tertiary/aromatic N) is 3. The highest BCUT2D eigenvalue weighted by Gasteiger charge is 2.08. The van der Waals surface area contributed by atoms with Crippen LogP contribution in [0.25, 0.3) is 22.2 Å². The lowest BCUT2D eigenvalue weighted by Gasteiger charge is -2.08. The van der Waals surface area contributed by atoms with Crippen molar-refractivity contribution in [1.29, 1.82) is 0 Å². The van der Waals surface area contributed by atoms with E-state index in [9.17, 15) is 9.59 Å². The number of hydrogen-bond acceptors (Lipinski definition) is 4. The molecule has 0 aliphatic rings. The summed E-state index contributed by atoms with van der Waals surface area (Å²) in [5.74, 6) is -0.305. The largest absolute Gasteiger partial charge is 0.324 e. The van der Waals surface area contributed by atoms with Crippen LogP contribution in [-0.4, -0.2) is 25.7 Å². The van der Waals surface area contributed by atoms with Gasteiger partial charge >= 0.3 is 0 Å². The van der Waals surface area contributed by atoms with E-state index in [-0.39, 0.29) is 18.0 Å². The Bertz CT molecular complexity index is 1130. The van der Waals surface area contributed by atoms with E-state index >= 15 is 0 Å². The van der Waals surface area contributed by atoms with Gasteiger partial charge in [0.2, 0.25) is 5.91 Å². The van der Waals surface area contributed by atoms with E-state index in [0.717, 1.165) is 16.5 Å². The Morgan fingerprint density at radius 1 is 1.12 bits per heavy atom. The summed E-state index contributed by atoms with van der Waals surface area (Å²) in [7, 11) is 0. The number of fused-ring (bicyclic) bond motifs is 1. The summed E-state index contributed by atoms with van der Waals surface area (Å²) < 4.78 is 1.27. The average molecular weight is 345 g/mol. The number of hydrogen-bond donors (Lipinski definition) is 2. The van der Waals surface area contributed by atoms with Crippen LogP contribution in [0.1, 0.15) is 0 Å². The fraction of sp³-hybridized carbons (Fsp3) is 0.0526. The minimum atomic E-state index is -0.305. The Labute approximate surface area is 148 Å². The van der Waals surface area contributed by atoms with Gasteiger partial charge in [-0.15, -0.1) is 0 Å². The van der Waals surface area contributed by atoms with E-state index in [4.69, 9.17) is 0 Å². The first-order chi connectivity index (χ1) is 12.7. The molecule has 4 rings (SSSR count). The molecule has 26 heavy (non-hydrogen) atoms. The van der Waals surface area contributed by atoms with Crippen LogP contribution >= 0.6 is 0 Å². The molecular formula is C19H15N5O2. The molecule has 7 nitrogen and oxygen atoms in total. The molecule has 7 heteroatoms. The quantitative estimate of drug-likeness (QED) is 0.594. The van der Waals surface area contributed by atoms with Gasteiger partial charge in [0.15, 0.2) is 0 Å².